The van der Waals surface area contributed by atoms with Crippen LogP contribution in [0.15, 0.2) is 24.4 Å². The van der Waals surface area contributed by atoms with Crippen molar-refractivity contribution < 1.29 is 0 Å². The van der Waals surface area contributed by atoms with E-state index in [-0.39, 0.29) is 0 Å². The lowest BCUT2D eigenvalue weighted by Crippen LogP contribution is -2.46. The third-order valence-electron chi connectivity index (χ3n) is 2.79. The molecule has 0 bridgehead atoms. The molecule has 3 nitrogen and oxygen atoms in total. The molecule has 1 aliphatic rings. The van der Waals surface area contributed by atoms with Crippen LogP contribution in [0.4, 0.5) is 0 Å². The number of rotatable bonds is 2. The first-order valence-corrected chi connectivity index (χ1v) is 5.27. The maximum atomic E-state index is 4.42. The molecule has 1 N–H and O–H groups in total. The standard InChI is InChI=1S/C11H17N3/c1-2-14-8-7-12-9-11(14)10-5-3-4-6-13-10/h3-6,11-12H,2,7-9H2,1H3. The molecule has 0 radical (unpaired) electrons. The second kappa shape index (κ2) is 4.53. The van der Waals surface area contributed by atoms with Gasteiger partial charge in [-0.3, -0.25) is 9.88 Å². The molecule has 1 aromatic heterocycles. The Kier molecular flexibility index (Phi) is 3.11. The summed E-state index contributed by atoms with van der Waals surface area (Å²) in [6.45, 7) is 6.55. The van der Waals surface area contributed by atoms with E-state index in [0.29, 0.717) is 6.04 Å². The molecule has 0 saturated carbocycles. The number of nitrogens with zero attached hydrogens (tertiary/aromatic N) is 2. The van der Waals surface area contributed by atoms with E-state index >= 15 is 0 Å². The maximum Gasteiger partial charge on any atom is 0.0647 e. The van der Waals surface area contributed by atoms with E-state index in [2.05, 4.69) is 34.3 Å². The van der Waals surface area contributed by atoms with Gasteiger partial charge >= 0.3 is 0 Å². The van der Waals surface area contributed by atoms with Crippen LogP contribution >= 0.6 is 0 Å². The molecule has 1 aromatic rings. The summed E-state index contributed by atoms with van der Waals surface area (Å²) >= 11 is 0. The van der Waals surface area contributed by atoms with Crippen LogP contribution in [0.25, 0.3) is 0 Å². The summed E-state index contributed by atoms with van der Waals surface area (Å²) in [7, 11) is 0. The highest BCUT2D eigenvalue weighted by Crippen LogP contribution is 2.18. The number of piperazine rings is 1. The topological polar surface area (TPSA) is 28.2 Å². The highest BCUT2D eigenvalue weighted by atomic mass is 15.2. The summed E-state index contributed by atoms with van der Waals surface area (Å²) in [5, 5.41) is 3.42. The first-order chi connectivity index (χ1) is 6.92. The summed E-state index contributed by atoms with van der Waals surface area (Å²) < 4.78 is 0. The van der Waals surface area contributed by atoms with Crippen LogP contribution in [0.2, 0.25) is 0 Å². The summed E-state index contributed by atoms with van der Waals surface area (Å²) in [6, 6.07) is 6.59. The second-order valence-electron chi connectivity index (χ2n) is 3.60. The van der Waals surface area contributed by atoms with Gasteiger partial charge in [0.2, 0.25) is 0 Å². The second-order valence-corrected chi connectivity index (χ2v) is 3.60. The molecule has 1 saturated heterocycles. The summed E-state index contributed by atoms with van der Waals surface area (Å²) in [6.07, 6.45) is 1.87. The van der Waals surface area contributed by atoms with Crippen LogP contribution in [0, 0.1) is 0 Å². The van der Waals surface area contributed by atoms with Gasteiger partial charge in [-0.1, -0.05) is 13.0 Å². The lowest BCUT2D eigenvalue weighted by molar-refractivity contribution is 0.167. The van der Waals surface area contributed by atoms with E-state index in [1.165, 1.54) is 5.69 Å². The molecule has 0 spiro atoms. The smallest absolute Gasteiger partial charge is 0.0647 e. The van der Waals surface area contributed by atoms with Gasteiger partial charge in [-0.15, -0.1) is 0 Å². The van der Waals surface area contributed by atoms with Crippen LogP contribution in [0.3, 0.4) is 0 Å². The Morgan fingerprint density at radius 2 is 2.50 bits per heavy atom. The Morgan fingerprint density at radius 3 is 3.21 bits per heavy atom. The van der Waals surface area contributed by atoms with Gasteiger partial charge in [0.15, 0.2) is 0 Å². The number of hydrogen-bond acceptors (Lipinski definition) is 3. The molecular formula is C11H17N3. The fourth-order valence-electron chi connectivity index (χ4n) is 1.99. The monoisotopic (exact) mass is 191 g/mol. The highest BCUT2D eigenvalue weighted by Gasteiger charge is 2.22. The van der Waals surface area contributed by atoms with Gasteiger partial charge < -0.3 is 5.32 Å². The van der Waals surface area contributed by atoms with Gasteiger partial charge in [-0.05, 0) is 18.7 Å². The molecule has 76 valence electrons. The molecule has 1 atom stereocenters. The van der Waals surface area contributed by atoms with E-state index in [1.807, 2.05) is 12.3 Å². The largest absolute Gasteiger partial charge is 0.313 e. The van der Waals surface area contributed by atoms with Crippen molar-refractivity contribution in [3.63, 3.8) is 0 Å². The molecule has 2 rings (SSSR count). The predicted octanol–water partition coefficient (Wildman–Crippen LogP) is 1.05. The van der Waals surface area contributed by atoms with E-state index in [1.54, 1.807) is 0 Å². The van der Waals surface area contributed by atoms with Crippen molar-refractivity contribution in [3.8, 4) is 0 Å². The van der Waals surface area contributed by atoms with Crippen molar-refractivity contribution in [3.05, 3.63) is 30.1 Å². The van der Waals surface area contributed by atoms with Crippen LogP contribution in [-0.2, 0) is 0 Å². The fraction of sp³-hybridized carbons (Fsp3) is 0.545. The van der Waals surface area contributed by atoms with E-state index in [4.69, 9.17) is 0 Å². The summed E-state index contributed by atoms with van der Waals surface area (Å²) in [4.78, 5) is 6.89. The normalized spacial score (nSPS) is 23.6. The Balaban J connectivity index is 2.15. The average Bonchev–Trinajstić information content (AvgIpc) is 2.30. The Hall–Kier alpha value is -0.930. The van der Waals surface area contributed by atoms with Gasteiger partial charge in [0.05, 0.1) is 11.7 Å². The Labute approximate surface area is 85.1 Å². The summed E-state index contributed by atoms with van der Waals surface area (Å²) in [5.74, 6) is 0. The highest BCUT2D eigenvalue weighted by molar-refractivity contribution is 5.10. The first-order valence-electron chi connectivity index (χ1n) is 5.27. The molecule has 3 heteroatoms. The number of pyridine rings is 1. The zero-order chi connectivity index (χ0) is 9.80. The quantitative estimate of drug-likeness (QED) is 0.757. The Morgan fingerprint density at radius 1 is 1.57 bits per heavy atom. The third kappa shape index (κ3) is 1.94. The van der Waals surface area contributed by atoms with Gasteiger partial charge in [0.1, 0.15) is 0 Å². The van der Waals surface area contributed by atoms with Crippen LogP contribution < -0.4 is 5.32 Å². The van der Waals surface area contributed by atoms with Crippen molar-refractivity contribution in [1.29, 1.82) is 0 Å². The van der Waals surface area contributed by atoms with E-state index in [0.717, 1.165) is 26.2 Å². The average molecular weight is 191 g/mol. The SMILES string of the molecule is CCN1CCNCC1c1ccccn1. The van der Waals surface area contributed by atoms with Gasteiger partial charge in [0, 0.05) is 25.8 Å². The third-order valence-corrected chi connectivity index (χ3v) is 2.79. The predicted molar refractivity (Wildman–Crippen MR) is 57.1 cm³/mol. The lowest BCUT2D eigenvalue weighted by atomic mass is 10.1. The van der Waals surface area contributed by atoms with E-state index in [9.17, 15) is 0 Å². The minimum Gasteiger partial charge on any atom is -0.313 e. The molecular weight excluding hydrogens is 174 g/mol. The van der Waals surface area contributed by atoms with Crippen LogP contribution in [0.5, 0.6) is 0 Å². The maximum absolute atomic E-state index is 4.42. The molecule has 1 unspecified atom stereocenters. The van der Waals surface area contributed by atoms with Crippen molar-refractivity contribution in [2.45, 2.75) is 13.0 Å². The fourth-order valence-corrected chi connectivity index (χ4v) is 1.99. The van der Waals surface area contributed by atoms with E-state index < -0.39 is 0 Å². The van der Waals surface area contributed by atoms with Gasteiger partial charge in [0.25, 0.3) is 0 Å². The molecule has 2 heterocycles. The minimum absolute atomic E-state index is 0.454. The zero-order valence-electron chi connectivity index (χ0n) is 8.61. The minimum atomic E-state index is 0.454. The molecule has 0 aromatic carbocycles. The van der Waals surface area contributed by atoms with Crippen molar-refractivity contribution >= 4 is 0 Å². The van der Waals surface area contributed by atoms with Crippen LogP contribution in [-0.4, -0.2) is 36.1 Å². The molecule has 0 amide bonds. The molecule has 14 heavy (non-hydrogen) atoms. The van der Waals surface area contributed by atoms with Crippen LogP contribution in [0.1, 0.15) is 18.7 Å². The van der Waals surface area contributed by atoms with Gasteiger partial charge in [-0.2, -0.15) is 0 Å². The zero-order valence-corrected chi connectivity index (χ0v) is 8.61. The Bertz CT molecular complexity index is 273. The number of nitrogens with one attached hydrogen (secondary N) is 1. The number of aromatic nitrogens is 1. The van der Waals surface area contributed by atoms with Crippen molar-refractivity contribution in [2.75, 3.05) is 26.2 Å². The lowest BCUT2D eigenvalue weighted by Gasteiger charge is -2.34. The number of likely N-dealkylation sites (N-methyl/N-ethyl adjacent to an activating group) is 1. The first kappa shape index (κ1) is 9.62. The molecule has 0 aliphatic carbocycles. The number of hydrogen-bond donors (Lipinski definition) is 1. The van der Waals surface area contributed by atoms with Gasteiger partial charge in [-0.25, -0.2) is 0 Å². The molecule has 1 aliphatic heterocycles. The van der Waals surface area contributed by atoms with Crippen molar-refractivity contribution in [1.82, 2.24) is 15.2 Å². The van der Waals surface area contributed by atoms with Crippen molar-refractivity contribution in [2.24, 2.45) is 0 Å². The summed E-state index contributed by atoms with van der Waals surface area (Å²) in [5.41, 5.74) is 1.18. The molecule has 1 fully saturated rings.